The van der Waals surface area contributed by atoms with Crippen LogP contribution in [-0.4, -0.2) is 19.1 Å². The van der Waals surface area contributed by atoms with Gasteiger partial charge in [-0.2, -0.15) is 13.5 Å². The molecule has 0 radical (unpaired) electrons. The molecule has 116 valence electrons. The Kier molecular flexibility index (Phi) is 5.42. The smallest absolute Gasteiger partial charge is 0.258 e. The van der Waals surface area contributed by atoms with Crippen molar-refractivity contribution in [2.45, 2.75) is 39.0 Å². The van der Waals surface area contributed by atoms with Crippen LogP contribution >= 0.6 is 0 Å². The van der Waals surface area contributed by atoms with Gasteiger partial charge in [0.05, 0.1) is 9.82 Å². The van der Waals surface area contributed by atoms with E-state index in [0.717, 1.165) is 12.5 Å². The van der Waals surface area contributed by atoms with E-state index >= 15 is 0 Å². The summed E-state index contributed by atoms with van der Waals surface area (Å²) in [5.74, 6) is 0.153. The molecule has 0 aliphatic heterocycles. The van der Waals surface area contributed by atoms with Gasteiger partial charge in [-0.1, -0.05) is 19.9 Å². The second-order valence-electron chi connectivity index (χ2n) is 4.86. The monoisotopic (exact) mass is 313 g/mol. The second-order valence-corrected chi connectivity index (χ2v) is 6.52. The maximum atomic E-state index is 12.1. The van der Waals surface area contributed by atoms with Crippen molar-refractivity contribution in [3.63, 3.8) is 0 Å². The minimum atomic E-state index is -3.91. The highest BCUT2D eigenvalue weighted by Crippen LogP contribution is 2.22. The lowest BCUT2D eigenvalue weighted by atomic mass is 10.1. The molecule has 0 bridgehead atoms. The number of aryl methyl sites for hydroxylation is 1. The number of hydrazone groups is 1. The van der Waals surface area contributed by atoms with Crippen LogP contribution in [0.1, 0.15) is 32.8 Å². The molecule has 1 aromatic rings. The number of sulfonamides is 1. The third kappa shape index (κ3) is 4.25. The molecule has 21 heavy (non-hydrogen) atoms. The molecule has 0 saturated heterocycles. The standard InChI is InChI=1S/C13H19N3O4S/c1-5-9(2)11(4)14-15-21(19,20)12-7-6-10(3)13(8-12)16(17)18/h6-9,15H,5H2,1-4H3. The van der Waals surface area contributed by atoms with Gasteiger partial charge in [0.15, 0.2) is 0 Å². The first-order chi connectivity index (χ1) is 9.69. The maximum absolute atomic E-state index is 12.1. The lowest BCUT2D eigenvalue weighted by Gasteiger charge is -2.09. The minimum absolute atomic E-state index is 0.153. The molecule has 8 heteroatoms. The van der Waals surface area contributed by atoms with E-state index in [1.165, 1.54) is 12.1 Å². The Morgan fingerprint density at radius 3 is 2.62 bits per heavy atom. The van der Waals surface area contributed by atoms with Gasteiger partial charge >= 0.3 is 0 Å². The summed E-state index contributed by atoms with van der Waals surface area (Å²) in [6.45, 7) is 7.19. The van der Waals surface area contributed by atoms with Crippen LogP contribution in [0.4, 0.5) is 5.69 Å². The summed E-state index contributed by atoms with van der Waals surface area (Å²) in [6, 6.07) is 3.75. The highest BCUT2D eigenvalue weighted by atomic mass is 32.2. The van der Waals surface area contributed by atoms with Crippen molar-refractivity contribution in [3.8, 4) is 0 Å². The van der Waals surface area contributed by atoms with Gasteiger partial charge in [0.25, 0.3) is 15.7 Å². The van der Waals surface area contributed by atoms with Gasteiger partial charge in [-0.3, -0.25) is 10.1 Å². The van der Waals surface area contributed by atoms with E-state index in [2.05, 4.69) is 9.93 Å². The first-order valence-electron chi connectivity index (χ1n) is 6.50. The number of benzene rings is 1. The van der Waals surface area contributed by atoms with Crippen LogP contribution in [0.2, 0.25) is 0 Å². The number of nitro benzene ring substituents is 1. The van der Waals surface area contributed by atoms with Gasteiger partial charge in [-0.25, -0.2) is 4.83 Å². The van der Waals surface area contributed by atoms with Crippen LogP contribution < -0.4 is 4.83 Å². The highest BCUT2D eigenvalue weighted by Gasteiger charge is 2.19. The molecule has 7 nitrogen and oxygen atoms in total. The number of nitrogens with zero attached hydrogens (tertiary/aromatic N) is 2. The molecule has 0 fully saturated rings. The van der Waals surface area contributed by atoms with Crippen molar-refractivity contribution in [3.05, 3.63) is 33.9 Å². The second kappa shape index (κ2) is 6.66. The van der Waals surface area contributed by atoms with Crippen molar-refractivity contribution in [2.75, 3.05) is 0 Å². The lowest BCUT2D eigenvalue weighted by molar-refractivity contribution is -0.385. The van der Waals surface area contributed by atoms with Crippen molar-refractivity contribution in [1.29, 1.82) is 0 Å². The van der Waals surface area contributed by atoms with Crippen LogP contribution in [0, 0.1) is 23.0 Å². The fourth-order valence-corrected chi connectivity index (χ4v) is 2.43. The molecular weight excluding hydrogens is 294 g/mol. The molecule has 0 heterocycles. The van der Waals surface area contributed by atoms with E-state index in [9.17, 15) is 18.5 Å². The van der Waals surface area contributed by atoms with Crippen molar-refractivity contribution < 1.29 is 13.3 Å². The Morgan fingerprint density at radius 1 is 1.48 bits per heavy atom. The third-order valence-electron chi connectivity index (χ3n) is 3.36. The number of rotatable bonds is 6. The summed E-state index contributed by atoms with van der Waals surface area (Å²) in [4.78, 5) is 12.2. The summed E-state index contributed by atoms with van der Waals surface area (Å²) < 4.78 is 24.2. The number of nitro groups is 1. The Labute approximate surface area is 124 Å². The Balaban J connectivity index is 3.09. The summed E-state index contributed by atoms with van der Waals surface area (Å²) in [5, 5.41) is 14.7. The Morgan fingerprint density at radius 2 is 2.10 bits per heavy atom. The van der Waals surface area contributed by atoms with Crippen LogP contribution in [0.5, 0.6) is 0 Å². The molecule has 1 rings (SSSR count). The van der Waals surface area contributed by atoms with E-state index in [0.29, 0.717) is 11.3 Å². The van der Waals surface area contributed by atoms with Gasteiger partial charge < -0.3 is 0 Å². The van der Waals surface area contributed by atoms with E-state index in [1.807, 2.05) is 13.8 Å². The van der Waals surface area contributed by atoms with Crippen molar-refractivity contribution in [1.82, 2.24) is 4.83 Å². The molecule has 0 aromatic heterocycles. The molecule has 1 unspecified atom stereocenters. The first kappa shape index (κ1) is 17.1. The first-order valence-corrected chi connectivity index (χ1v) is 7.98. The third-order valence-corrected chi connectivity index (χ3v) is 4.56. The van der Waals surface area contributed by atoms with Gasteiger partial charge in [-0.15, -0.1) is 0 Å². The van der Waals surface area contributed by atoms with E-state index in [-0.39, 0.29) is 16.5 Å². The van der Waals surface area contributed by atoms with Gasteiger partial charge in [0.2, 0.25) is 0 Å². The molecule has 0 spiro atoms. The summed E-state index contributed by atoms with van der Waals surface area (Å²) in [6.07, 6.45) is 0.840. The van der Waals surface area contributed by atoms with Crippen LogP contribution in [-0.2, 0) is 10.0 Å². The molecule has 0 aliphatic rings. The van der Waals surface area contributed by atoms with E-state index in [1.54, 1.807) is 13.8 Å². The minimum Gasteiger partial charge on any atom is -0.258 e. The van der Waals surface area contributed by atoms with E-state index in [4.69, 9.17) is 0 Å². The summed E-state index contributed by atoms with van der Waals surface area (Å²) >= 11 is 0. The predicted octanol–water partition coefficient (Wildman–Crippen LogP) is 2.60. The average Bonchev–Trinajstić information content (AvgIpc) is 2.43. The zero-order valence-electron chi connectivity index (χ0n) is 12.5. The molecule has 1 atom stereocenters. The number of hydrogen-bond donors (Lipinski definition) is 1. The molecule has 1 N–H and O–H groups in total. The highest BCUT2D eigenvalue weighted by molar-refractivity contribution is 7.89. The number of hydrogen-bond acceptors (Lipinski definition) is 5. The normalized spacial score (nSPS) is 13.8. The van der Waals surface area contributed by atoms with Gasteiger partial charge in [-0.05, 0) is 32.3 Å². The van der Waals surface area contributed by atoms with Crippen LogP contribution in [0.15, 0.2) is 28.2 Å². The molecule has 1 aromatic carbocycles. The van der Waals surface area contributed by atoms with Crippen molar-refractivity contribution in [2.24, 2.45) is 11.0 Å². The molecule has 0 aliphatic carbocycles. The maximum Gasteiger partial charge on any atom is 0.276 e. The Bertz CT molecular complexity index is 668. The average molecular weight is 313 g/mol. The Hall–Kier alpha value is -1.96. The van der Waals surface area contributed by atoms with Gasteiger partial charge in [0, 0.05) is 17.3 Å². The fourth-order valence-electron chi connectivity index (χ4n) is 1.54. The quantitative estimate of drug-likeness (QED) is 0.495. The summed E-state index contributed by atoms with van der Waals surface area (Å²) in [5.41, 5.74) is 0.821. The molecule has 0 amide bonds. The SMILES string of the molecule is CCC(C)C(C)=NNS(=O)(=O)c1ccc(C)c([N+](=O)[O-])c1. The molecule has 0 saturated carbocycles. The van der Waals surface area contributed by atoms with Crippen LogP contribution in [0.3, 0.4) is 0 Å². The van der Waals surface area contributed by atoms with Crippen molar-refractivity contribution >= 4 is 21.4 Å². The molecular formula is C13H19N3O4S. The zero-order chi connectivity index (χ0) is 16.2. The zero-order valence-corrected chi connectivity index (χ0v) is 13.3. The fraction of sp³-hybridized carbons (Fsp3) is 0.462. The van der Waals surface area contributed by atoms with Gasteiger partial charge in [0.1, 0.15) is 0 Å². The largest absolute Gasteiger partial charge is 0.276 e. The number of nitrogens with one attached hydrogen (secondary N) is 1. The summed E-state index contributed by atoms with van der Waals surface area (Å²) in [7, 11) is -3.91. The van der Waals surface area contributed by atoms with E-state index < -0.39 is 14.9 Å². The lowest BCUT2D eigenvalue weighted by Crippen LogP contribution is -2.21. The topological polar surface area (TPSA) is 102 Å². The predicted molar refractivity (Wildman–Crippen MR) is 80.7 cm³/mol. The van der Waals surface area contributed by atoms with Crippen LogP contribution in [0.25, 0.3) is 0 Å².